The lowest BCUT2D eigenvalue weighted by atomic mass is 9.73. The number of ether oxygens (including phenoxy) is 1. The molecule has 5 aliphatic rings. The molecule has 9 atom stereocenters. The van der Waals surface area contributed by atoms with Gasteiger partial charge in [-0.3, -0.25) is 0 Å². The van der Waals surface area contributed by atoms with Crippen molar-refractivity contribution in [1.29, 1.82) is 0 Å². The van der Waals surface area contributed by atoms with E-state index in [-0.39, 0.29) is 12.1 Å². The Balaban J connectivity index is 1.11. The van der Waals surface area contributed by atoms with E-state index in [0.29, 0.717) is 11.5 Å². The zero-order valence-corrected chi connectivity index (χ0v) is 16.0. The first-order valence-electron chi connectivity index (χ1n) is 11.1. The lowest BCUT2D eigenvalue weighted by molar-refractivity contribution is -0.00226. The van der Waals surface area contributed by atoms with Gasteiger partial charge in [-0.25, -0.2) is 4.79 Å². The molecule has 0 saturated heterocycles. The van der Waals surface area contributed by atoms with Crippen molar-refractivity contribution in [3.63, 3.8) is 0 Å². The molecular weight excluding hydrogens is 344 g/mol. The van der Waals surface area contributed by atoms with Crippen LogP contribution in [-0.4, -0.2) is 12.1 Å². The molecule has 4 saturated carbocycles. The van der Waals surface area contributed by atoms with Crippen molar-refractivity contribution in [1.82, 2.24) is 0 Å². The Bertz CT molecular complexity index is 1010. The van der Waals surface area contributed by atoms with E-state index in [9.17, 15) is 4.79 Å². The van der Waals surface area contributed by atoms with Gasteiger partial charge in [-0.05, 0) is 95.9 Å². The van der Waals surface area contributed by atoms with Crippen LogP contribution in [0.5, 0.6) is 0 Å². The Labute approximate surface area is 166 Å². The summed E-state index contributed by atoms with van der Waals surface area (Å²) in [6.45, 7) is 0. The Kier molecular flexibility index (Phi) is 3.10. The van der Waals surface area contributed by atoms with E-state index in [4.69, 9.17) is 4.74 Å². The van der Waals surface area contributed by atoms with Crippen molar-refractivity contribution in [2.24, 2.45) is 47.3 Å². The van der Waals surface area contributed by atoms with E-state index >= 15 is 0 Å². The minimum Gasteiger partial charge on any atom is -0.458 e. The third-order valence-electron chi connectivity index (χ3n) is 9.10. The summed E-state index contributed by atoms with van der Waals surface area (Å²) >= 11 is 0. The Hall–Kier alpha value is -2.09. The number of esters is 1. The number of carbonyl (C=O) groups is 1. The van der Waals surface area contributed by atoms with E-state index < -0.39 is 0 Å². The van der Waals surface area contributed by atoms with Crippen LogP contribution in [0, 0.1) is 47.3 Å². The summed E-state index contributed by atoms with van der Waals surface area (Å²) in [4.78, 5) is 12.9. The third kappa shape index (κ3) is 2.02. The van der Waals surface area contributed by atoms with E-state index in [0.717, 1.165) is 53.2 Å². The fourth-order valence-electron chi connectivity index (χ4n) is 8.24. The normalized spacial score (nSPS) is 44.2. The zero-order chi connectivity index (χ0) is 18.4. The average Bonchev–Trinajstić information content (AvgIpc) is 3.49. The smallest absolute Gasteiger partial charge is 0.338 e. The number of benzene rings is 2. The van der Waals surface area contributed by atoms with Crippen molar-refractivity contribution in [2.75, 3.05) is 0 Å². The summed E-state index contributed by atoms with van der Waals surface area (Å²) in [7, 11) is 0. The molecule has 0 heterocycles. The molecule has 0 N–H and O–H groups in total. The van der Waals surface area contributed by atoms with Crippen LogP contribution in [0.15, 0.2) is 54.6 Å². The number of carbonyl (C=O) groups excluding carboxylic acids is 1. The third-order valence-corrected chi connectivity index (χ3v) is 9.10. The van der Waals surface area contributed by atoms with E-state index in [1.54, 1.807) is 0 Å². The van der Waals surface area contributed by atoms with Gasteiger partial charge in [0.05, 0.1) is 5.56 Å². The second kappa shape index (κ2) is 5.49. The van der Waals surface area contributed by atoms with Crippen molar-refractivity contribution in [3.05, 3.63) is 60.2 Å². The largest absolute Gasteiger partial charge is 0.458 e. The summed E-state index contributed by atoms with van der Waals surface area (Å²) in [6.07, 6.45) is 10.4. The molecule has 0 amide bonds. The quantitative estimate of drug-likeness (QED) is 0.517. The van der Waals surface area contributed by atoms with Crippen LogP contribution in [0.25, 0.3) is 10.8 Å². The lowest BCUT2D eigenvalue weighted by Crippen LogP contribution is -2.34. The minimum atomic E-state index is -0.125. The zero-order valence-electron chi connectivity index (χ0n) is 16.0. The predicted molar refractivity (Wildman–Crippen MR) is 109 cm³/mol. The molecule has 142 valence electrons. The van der Waals surface area contributed by atoms with Gasteiger partial charge in [-0.1, -0.05) is 42.5 Å². The minimum absolute atomic E-state index is 0.125. The van der Waals surface area contributed by atoms with Crippen molar-refractivity contribution in [3.8, 4) is 0 Å². The molecule has 2 aromatic carbocycles. The first-order valence-corrected chi connectivity index (χ1v) is 11.1. The molecule has 2 heteroatoms. The highest BCUT2D eigenvalue weighted by Gasteiger charge is 2.65. The number of allylic oxidation sites excluding steroid dienone is 2. The number of hydrogen-bond donors (Lipinski definition) is 0. The van der Waals surface area contributed by atoms with Gasteiger partial charge >= 0.3 is 5.97 Å². The molecule has 0 aromatic heterocycles. The number of fused-ring (bicyclic) bond motifs is 12. The standard InChI is InChI=1S/C26H26O2/c27-26(18-8-5-14-3-1-2-4-15(14)9-18)28-23-12-19-11-21(23)22-13-20-16-6-7-17(10-16)24(20)25(19)22/h1-9,16-17,19-25H,10-13H2. The first-order chi connectivity index (χ1) is 13.8. The van der Waals surface area contributed by atoms with E-state index in [1.165, 1.54) is 24.6 Å². The molecule has 0 radical (unpaired) electrons. The summed E-state index contributed by atoms with van der Waals surface area (Å²) in [5.74, 6) is 6.63. The maximum absolute atomic E-state index is 12.9. The second-order valence-electron chi connectivity index (χ2n) is 10.1. The molecule has 0 aliphatic heterocycles. The van der Waals surface area contributed by atoms with Crippen molar-refractivity contribution < 1.29 is 9.53 Å². The second-order valence-corrected chi connectivity index (χ2v) is 10.1. The molecule has 4 fully saturated rings. The molecule has 2 nitrogen and oxygen atoms in total. The first kappa shape index (κ1) is 15.8. The Morgan fingerprint density at radius 3 is 2.57 bits per heavy atom. The Morgan fingerprint density at radius 1 is 0.786 bits per heavy atom. The van der Waals surface area contributed by atoms with Crippen LogP contribution < -0.4 is 0 Å². The van der Waals surface area contributed by atoms with Crippen LogP contribution in [0.1, 0.15) is 36.0 Å². The van der Waals surface area contributed by atoms with Gasteiger partial charge in [0, 0.05) is 0 Å². The van der Waals surface area contributed by atoms with Gasteiger partial charge in [0.1, 0.15) is 6.10 Å². The topological polar surface area (TPSA) is 26.3 Å². The SMILES string of the molecule is O=C(OC1CC2CC1C1CC3C4C=CC(C4)C3C21)c1ccc2ccccc2c1. The van der Waals surface area contributed by atoms with E-state index in [1.807, 2.05) is 30.3 Å². The summed E-state index contributed by atoms with van der Waals surface area (Å²) in [5.41, 5.74) is 0.698. The molecule has 4 bridgehead atoms. The molecule has 9 unspecified atom stereocenters. The number of rotatable bonds is 2. The average molecular weight is 370 g/mol. The Morgan fingerprint density at radius 2 is 1.64 bits per heavy atom. The molecule has 0 spiro atoms. The molecular formula is C26H26O2. The van der Waals surface area contributed by atoms with Gasteiger partial charge in [0.15, 0.2) is 0 Å². The maximum atomic E-state index is 12.9. The van der Waals surface area contributed by atoms with Gasteiger partial charge in [-0.15, -0.1) is 0 Å². The highest BCUT2D eigenvalue weighted by Crippen LogP contribution is 2.69. The monoisotopic (exact) mass is 370 g/mol. The fraction of sp³-hybridized carbons (Fsp3) is 0.500. The number of hydrogen-bond acceptors (Lipinski definition) is 2. The van der Waals surface area contributed by atoms with Crippen LogP contribution >= 0.6 is 0 Å². The van der Waals surface area contributed by atoms with Gasteiger partial charge in [-0.2, -0.15) is 0 Å². The van der Waals surface area contributed by atoms with Crippen LogP contribution in [0.3, 0.4) is 0 Å². The van der Waals surface area contributed by atoms with Crippen molar-refractivity contribution in [2.45, 2.75) is 31.8 Å². The van der Waals surface area contributed by atoms with Crippen LogP contribution in [0.2, 0.25) is 0 Å². The fourth-order valence-corrected chi connectivity index (χ4v) is 8.24. The molecule has 7 rings (SSSR count). The maximum Gasteiger partial charge on any atom is 0.338 e. The van der Waals surface area contributed by atoms with Gasteiger partial charge < -0.3 is 4.74 Å². The van der Waals surface area contributed by atoms with E-state index in [2.05, 4.69) is 24.3 Å². The predicted octanol–water partition coefficient (Wildman–Crippen LogP) is 5.48. The lowest BCUT2D eigenvalue weighted by Gasteiger charge is -2.35. The van der Waals surface area contributed by atoms with Gasteiger partial charge in [0.25, 0.3) is 0 Å². The molecule has 2 aromatic rings. The summed E-state index contributed by atoms with van der Waals surface area (Å²) < 4.78 is 6.13. The molecule has 5 aliphatic carbocycles. The summed E-state index contributed by atoms with van der Waals surface area (Å²) in [6, 6.07) is 14.1. The van der Waals surface area contributed by atoms with Crippen LogP contribution in [-0.2, 0) is 4.74 Å². The van der Waals surface area contributed by atoms with Crippen molar-refractivity contribution >= 4 is 16.7 Å². The highest BCUT2D eigenvalue weighted by molar-refractivity contribution is 5.95. The molecule has 28 heavy (non-hydrogen) atoms. The summed E-state index contributed by atoms with van der Waals surface area (Å²) in [5, 5.41) is 2.28. The van der Waals surface area contributed by atoms with Gasteiger partial charge in [0.2, 0.25) is 0 Å². The van der Waals surface area contributed by atoms with Crippen LogP contribution in [0.4, 0.5) is 0 Å². The highest BCUT2D eigenvalue weighted by atomic mass is 16.5.